The summed E-state index contributed by atoms with van der Waals surface area (Å²) in [6.45, 7) is 8.83. The van der Waals surface area contributed by atoms with E-state index >= 15 is 0 Å². The van der Waals surface area contributed by atoms with E-state index in [1.54, 1.807) is 0 Å². The molecule has 2 unspecified atom stereocenters. The Morgan fingerprint density at radius 3 is 1.64 bits per heavy atom. The molecule has 194 valence electrons. The summed E-state index contributed by atoms with van der Waals surface area (Å²) in [5.74, 6) is -1.07. The predicted molar refractivity (Wildman–Crippen MR) is 137 cm³/mol. The van der Waals surface area contributed by atoms with Gasteiger partial charge in [-0.15, -0.1) is 0 Å². The van der Waals surface area contributed by atoms with Crippen molar-refractivity contribution in [2.75, 3.05) is 6.61 Å². The highest BCUT2D eigenvalue weighted by molar-refractivity contribution is 5.82. The maximum absolute atomic E-state index is 12.9. The molecule has 1 saturated carbocycles. The maximum atomic E-state index is 12.9. The molecule has 0 aliphatic heterocycles. The summed E-state index contributed by atoms with van der Waals surface area (Å²) >= 11 is 0. The van der Waals surface area contributed by atoms with Crippen LogP contribution in [-0.4, -0.2) is 24.1 Å². The van der Waals surface area contributed by atoms with E-state index in [4.69, 9.17) is 9.47 Å². The van der Waals surface area contributed by atoms with Crippen LogP contribution in [0, 0.1) is 11.8 Å². The maximum Gasteiger partial charge on any atom is 0.310 e. The highest BCUT2D eigenvalue weighted by Gasteiger charge is 2.39. The fourth-order valence-electron chi connectivity index (χ4n) is 4.91. The summed E-state index contributed by atoms with van der Waals surface area (Å²) in [6.07, 6.45) is 22.1. The summed E-state index contributed by atoms with van der Waals surface area (Å²) in [5.41, 5.74) is -0.469. The summed E-state index contributed by atoms with van der Waals surface area (Å²) in [4.78, 5) is 25.5. The Morgan fingerprint density at radius 1 is 0.667 bits per heavy atom. The zero-order valence-electron chi connectivity index (χ0n) is 22.4. The fraction of sp³-hybridized carbons (Fsp3) is 0.931. The summed E-state index contributed by atoms with van der Waals surface area (Å²) in [6, 6.07) is 0. The molecule has 0 spiro atoms. The van der Waals surface area contributed by atoms with Gasteiger partial charge in [0, 0.05) is 0 Å². The molecule has 0 radical (unpaired) electrons. The van der Waals surface area contributed by atoms with Crippen LogP contribution < -0.4 is 0 Å². The van der Waals surface area contributed by atoms with Crippen LogP contribution in [0.25, 0.3) is 0 Å². The van der Waals surface area contributed by atoms with E-state index < -0.39 is 5.60 Å². The number of carbonyl (C=O) groups excluding carboxylic acids is 2. The first-order valence-corrected chi connectivity index (χ1v) is 14.3. The van der Waals surface area contributed by atoms with Gasteiger partial charge in [-0.1, -0.05) is 104 Å². The molecule has 33 heavy (non-hydrogen) atoms. The highest BCUT2D eigenvalue weighted by Crippen LogP contribution is 2.34. The third kappa shape index (κ3) is 14.1. The third-order valence-electron chi connectivity index (χ3n) is 7.12. The number of rotatable bonds is 19. The highest BCUT2D eigenvalue weighted by atomic mass is 16.6. The molecule has 1 aliphatic rings. The second kappa shape index (κ2) is 18.3. The zero-order chi connectivity index (χ0) is 24.4. The van der Waals surface area contributed by atoms with Gasteiger partial charge in [0.05, 0.1) is 18.4 Å². The molecular formula is C29H54O4. The van der Waals surface area contributed by atoms with Crippen molar-refractivity contribution in [3.63, 3.8) is 0 Å². The van der Waals surface area contributed by atoms with E-state index in [1.807, 2.05) is 13.8 Å². The van der Waals surface area contributed by atoms with Gasteiger partial charge in [-0.05, 0) is 46.0 Å². The first kappa shape index (κ1) is 30.0. The Labute approximate surface area is 205 Å². The van der Waals surface area contributed by atoms with Crippen LogP contribution >= 0.6 is 0 Å². The molecule has 1 fully saturated rings. The topological polar surface area (TPSA) is 52.6 Å². The van der Waals surface area contributed by atoms with Gasteiger partial charge in [-0.3, -0.25) is 9.59 Å². The zero-order valence-corrected chi connectivity index (χ0v) is 22.4. The molecular weight excluding hydrogens is 412 g/mol. The molecule has 0 heterocycles. The van der Waals surface area contributed by atoms with Gasteiger partial charge in [-0.25, -0.2) is 0 Å². The predicted octanol–water partition coefficient (Wildman–Crippen LogP) is 8.55. The van der Waals surface area contributed by atoms with Gasteiger partial charge in [0.25, 0.3) is 0 Å². The Hall–Kier alpha value is -1.06. The number of hydrogen-bond acceptors (Lipinski definition) is 4. The van der Waals surface area contributed by atoms with E-state index in [-0.39, 0.29) is 23.8 Å². The Morgan fingerprint density at radius 2 is 1.12 bits per heavy atom. The van der Waals surface area contributed by atoms with Crippen molar-refractivity contribution >= 4 is 11.9 Å². The molecule has 0 aromatic rings. The fourth-order valence-corrected chi connectivity index (χ4v) is 4.91. The van der Waals surface area contributed by atoms with Crippen molar-refractivity contribution < 1.29 is 19.1 Å². The van der Waals surface area contributed by atoms with Crippen LogP contribution in [0.5, 0.6) is 0 Å². The van der Waals surface area contributed by atoms with Gasteiger partial charge < -0.3 is 9.47 Å². The average Bonchev–Trinajstić information content (AvgIpc) is 2.79. The van der Waals surface area contributed by atoms with Crippen molar-refractivity contribution in [3.8, 4) is 0 Å². The van der Waals surface area contributed by atoms with E-state index in [0.29, 0.717) is 6.61 Å². The number of esters is 2. The number of hydrogen-bond donors (Lipinski definition) is 0. The lowest BCUT2D eigenvalue weighted by molar-refractivity contribution is -0.172. The molecule has 0 N–H and O–H groups in total. The van der Waals surface area contributed by atoms with Gasteiger partial charge in [0.1, 0.15) is 5.60 Å². The molecule has 1 rings (SSSR count). The molecule has 0 aromatic heterocycles. The number of unbranched alkanes of at least 4 members (excludes halogenated alkanes) is 12. The molecule has 0 saturated heterocycles. The second-order valence-electron chi connectivity index (χ2n) is 10.8. The van der Waals surface area contributed by atoms with Crippen molar-refractivity contribution in [1.82, 2.24) is 0 Å². The van der Waals surface area contributed by atoms with Crippen molar-refractivity contribution in [1.29, 1.82) is 0 Å². The normalized spacial score (nSPS) is 18.8. The summed E-state index contributed by atoms with van der Waals surface area (Å²) < 4.78 is 11.4. The van der Waals surface area contributed by atoms with E-state index in [1.165, 1.54) is 70.6 Å². The summed E-state index contributed by atoms with van der Waals surface area (Å²) in [5, 5.41) is 0. The number of ether oxygens (including phenoxy) is 2. The molecule has 0 bridgehead atoms. The van der Waals surface area contributed by atoms with Crippen LogP contribution in [0.2, 0.25) is 0 Å². The quantitative estimate of drug-likeness (QED) is 0.141. The van der Waals surface area contributed by atoms with E-state index in [0.717, 1.165) is 51.4 Å². The van der Waals surface area contributed by atoms with Crippen molar-refractivity contribution in [2.24, 2.45) is 11.8 Å². The lowest BCUT2D eigenvalue weighted by atomic mass is 9.79. The monoisotopic (exact) mass is 466 g/mol. The van der Waals surface area contributed by atoms with Gasteiger partial charge in [-0.2, -0.15) is 0 Å². The smallest absolute Gasteiger partial charge is 0.310 e. The number of carbonyl (C=O) groups is 2. The first-order chi connectivity index (χ1) is 15.9. The largest absolute Gasteiger partial charge is 0.465 e. The van der Waals surface area contributed by atoms with E-state index in [2.05, 4.69) is 13.8 Å². The average molecular weight is 467 g/mol. The van der Waals surface area contributed by atoms with Crippen LogP contribution in [0.1, 0.15) is 150 Å². The third-order valence-corrected chi connectivity index (χ3v) is 7.12. The lowest BCUT2D eigenvalue weighted by Gasteiger charge is -2.32. The Balaban J connectivity index is 2.22. The lowest BCUT2D eigenvalue weighted by Crippen LogP contribution is -2.39. The van der Waals surface area contributed by atoms with Crippen molar-refractivity contribution in [3.05, 3.63) is 0 Å². The SMILES string of the molecule is CCCCCCCCCCCCCCC(C)(C)OC(=O)C1CCCCC1C(=O)OCCCC. The molecule has 4 nitrogen and oxygen atoms in total. The molecule has 4 heteroatoms. The molecule has 0 aromatic carbocycles. The standard InChI is InChI=1S/C29H54O4/c1-5-7-9-10-11-12-13-14-15-16-17-20-23-29(3,4)33-28(31)26-22-19-18-21-25(26)27(30)32-24-8-6-2/h25-26H,5-24H2,1-4H3. The van der Waals surface area contributed by atoms with Crippen LogP contribution in [-0.2, 0) is 19.1 Å². The minimum absolute atomic E-state index is 0.198. The Kier molecular flexibility index (Phi) is 16.6. The first-order valence-electron chi connectivity index (χ1n) is 14.3. The van der Waals surface area contributed by atoms with E-state index in [9.17, 15) is 9.59 Å². The minimum Gasteiger partial charge on any atom is -0.465 e. The summed E-state index contributed by atoms with van der Waals surface area (Å²) in [7, 11) is 0. The van der Waals surface area contributed by atoms with Crippen LogP contribution in [0.3, 0.4) is 0 Å². The Bertz CT molecular complexity index is 514. The van der Waals surface area contributed by atoms with Gasteiger partial charge >= 0.3 is 11.9 Å². The van der Waals surface area contributed by atoms with Gasteiger partial charge in [0.2, 0.25) is 0 Å². The minimum atomic E-state index is -0.469. The second-order valence-corrected chi connectivity index (χ2v) is 10.8. The van der Waals surface area contributed by atoms with Crippen molar-refractivity contribution in [2.45, 2.75) is 155 Å². The van der Waals surface area contributed by atoms with Crippen LogP contribution in [0.4, 0.5) is 0 Å². The molecule has 2 atom stereocenters. The van der Waals surface area contributed by atoms with Crippen LogP contribution in [0.15, 0.2) is 0 Å². The van der Waals surface area contributed by atoms with Gasteiger partial charge in [0.15, 0.2) is 0 Å². The molecule has 1 aliphatic carbocycles. The molecule has 0 amide bonds.